The number of aryl methyl sites for hydroxylation is 1. The predicted molar refractivity (Wildman–Crippen MR) is 73.0 cm³/mol. The number of hydrogen-bond donors (Lipinski definition) is 2. The minimum Gasteiger partial charge on any atom is -0.310 e. The van der Waals surface area contributed by atoms with E-state index in [-0.39, 0.29) is 0 Å². The second-order valence-electron chi connectivity index (χ2n) is 5.01. The standard InChI is InChI=1S/C14H27N3/c1-4-5-6-7-8-9-12(2)15-10-14-11-16-17-13(14)3/h11-12,15H,4-10H2,1-3H3,(H,16,17). The summed E-state index contributed by atoms with van der Waals surface area (Å²) in [5, 5.41) is 10.6. The van der Waals surface area contributed by atoms with E-state index in [9.17, 15) is 0 Å². The van der Waals surface area contributed by atoms with Crippen molar-refractivity contribution in [2.24, 2.45) is 0 Å². The predicted octanol–water partition coefficient (Wildman–Crippen LogP) is 3.56. The zero-order chi connectivity index (χ0) is 12.5. The van der Waals surface area contributed by atoms with Gasteiger partial charge in [0.2, 0.25) is 0 Å². The fourth-order valence-electron chi connectivity index (χ4n) is 1.99. The Bertz CT molecular complexity index is 293. The Balaban J connectivity index is 2.05. The molecule has 0 aromatic carbocycles. The van der Waals surface area contributed by atoms with Gasteiger partial charge >= 0.3 is 0 Å². The first-order valence-corrected chi connectivity index (χ1v) is 6.96. The van der Waals surface area contributed by atoms with Crippen LogP contribution in [0.25, 0.3) is 0 Å². The van der Waals surface area contributed by atoms with Crippen LogP contribution in [-0.2, 0) is 6.54 Å². The van der Waals surface area contributed by atoms with E-state index in [1.54, 1.807) is 0 Å². The molecule has 0 spiro atoms. The lowest BCUT2D eigenvalue weighted by atomic mass is 10.1. The molecule has 0 saturated heterocycles. The van der Waals surface area contributed by atoms with Crippen molar-refractivity contribution in [1.82, 2.24) is 15.5 Å². The number of H-pyrrole nitrogens is 1. The molecule has 0 amide bonds. The third-order valence-electron chi connectivity index (χ3n) is 3.32. The maximum Gasteiger partial charge on any atom is 0.0535 e. The van der Waals surface area contributed by atoms with Crippen molar-refractivity contribution >= 4 is 0 Å². The summed E-state index contributed by atoms with van der Waals surface area (Å²) >= 11 is 0. The Morgan fingerprint density at radius 1 is 1.29 bits per heavy atom. The zero-order valence-electron chi connectivity index (χ0n) is 11.6. The number of nitrogens with one attached hydrogen (secondary N) is 2. The van der Waals surface area contributed by atoms with E-state index in [1.807, 2.05) is 6.20 Å². The molecule has 0 fully saturated rings. The van der Waals surface area contributed by atoms with Gasteiger partial charge < -0.3 is 5.32 Å². The highest BCUT2D eigenvalue weighted by atomic mass is 15.1. The average molecular weight is 237 g/mol. The third kappa shape index (κ3) is 5.87. The van der Waals surface area contributed by atoms with Crippen molar-refractivity contribution in [2.45, 2.75) is 71.9 Å². The van der Waals surface area contributed by atoms with E-state index in [0.29, 0.717) is 6.04 Å². The summed E-state index contributed by atoms with van der Waals surface area (Å²) in [5.41, 5.74) is 2.45. The van der Waals surface area contributed by atoms with Crippen molar-refractivity contribution in [2.75, 3.05) is 0 Å². The summed E-state index contributed by atoms with van der Waals surface area (Å²) in [6.07, 6.45) is 10.0. The van der Waals surface area contributed by atoms with Gasteiger partial charge in [0, 0.05) is 23.8 Å². The molecule has 98 valence electrons. The first-order chi connectivity index (χ1) is 8.24. The second-order valence-corrected chi connectivity index (χ2v) is 5.01. The van der Waals surface area contributed by atoms with Gasteiger partial charge in [-0.3, -0.25) is 5.10 Å². The van der Waals surface area contributed by atoms with Gasteiger partial charge in [-0.2, -0.15) is 5.10 Å². The molecule has 17 heavy (non-hydrogen) atoms. The first kappa shape index (κ1) is 14.2. The van der Waals surface area contributed by atoms with E-state index in [2.05, 4.69) is 36.3 Å². The van der Waals surface area contributed by atoms with Crippen LogP contribution >= 0.6 is 0 Å². The van der Waals surface area contributed by atoms with E-state index in [1.165, 1.54) is 49.8 Å². The van der Waals surface area contributed by atoms with Crippen LogP contribution in [0.2, 0.25) is 0 Å². The lowest BCUT2D eigenvalue weighted by molar-refractivity contribution is 0.479. The fraction of sp³-hybridized carbons (Fsp3) is 0.786. The molecule has 0 bridgehead atoms. The van der Waals surface area contributed by atoms with Gasteiger partial charge in [-0.15, -0.1) is 0 Å². The van der Waals surface area contributed by atoms with E-state index in [0.717, 1.165) is 6.54 Å². The fourth-order valence-corrected chi connectivity index (χ4v) is 1.99. The lowest BCUT2D eigenvalue weighted by Crippen LogP contribution is -2.25. The molecular weight excluding hydrogens is 210 g/mol. The lowest BCUT2D eigenvalue weighted by Gasteiger charge is -2.13. The second kappa shape index (κ2) is 8.29. The number of unbranched alkanes of at least 4 members (excludes halogenated alkanes) is 4. The normalized spacial score (nSPS) is 12.9. The number of rotatable bonds is 9. The smallest absolute Gasteiger partial charge is 0.0535 e. The molecular formula is C14H27N3. The van der Waals surface area contributed by atoms with Gasteiger partial charge in [-0.1, -0.05) is 39.0 Å². The Hall–Kier alpha value is -0.830. The van der Waals surface area contributed by atoms with Gasteiger partial charge in [0.1, 0.15) is 0 Å². The van der Waals surface area contributed by atoms with Crippen LogP contribution in [0.5, 0.6) is 0 Å². The van der Waals surface area contributed by atoms with Crippen LogP contribution in [0, 0.1) is 6.92 Å². The van der Waals surface area contributed by atoms with Crippen molar-refractivity contribution in [3.05, 3.63) is 17.5 Å². The molecule has 0 aliphatic rings. The Kier molecular flexibility index (Phi) is 6.94. The zero-order valence-corrected chi connectivity index (χ0v) is 11.6. The molecule has 0 aliphatic carbocycles. The van der Waals surface area contributed by atoms with Gasteiger partial charge in [0.25, 0.3) is 0 Å². The van der Waals surface area contributed by atoms with Gasteiger partial charge in [-0.05, 0) is 20.3 Å². The summed E-state index contributed by atoms with van der Waals surface area (Å²) in [6, 6.07) is 0.603. The monoisotopic (exact) mass is 237 g/mol. The highest BCUT2D eigenvalue weighted by Gasteiger charge is 2.04. The third-order valence-corrected chi connectivity index (χ3v) is 3.32. The van der Waals surface area contributed by atoms with Gasteiger partial charge in [0.15, 0.2) is 0 Å². The summed E-state index contributed by atoms with van der Waals surface area (Å²) in [6.45, 7) is 7.53. The van der Waals surface area contributed by atoms with Crippen molar-refractivity contribution in [1.29, 1.82) is 0 Å². The quantitative estimate of drug-likeness (QED) is 0.645. The van der Waals surface area contributed by atoms with Crippen molar-refractivity contribution in [3.63, 3.8) is 0 Å². The molecule has 0 radical (unpaired) electrons. The van der Waals surface area contributed by atoms with E-state index < -0.39 is 0 Å². The molecule has 1 rings (SSSR count). The highest BCUT2D eigenvalue weighted by Crippen LogP contribution is 2.08. The molecule has 1 unspecified atom stereocenters. The molecule has 1 aromatic heterocycles. The number of hydrogen-bond acceptors (Lipinski definition) is 2. The Morgan fingerprint density at radius 3 is 2.71 bits per heavy atom. The molecule has 1 aromatic rings. The summed E-state index contributed by atoms with van der Waals surface area (Å²) in [7, 11) is 0. The van der Waals surface area contributed by atoms with Crippen molar-refractivity contribution in [3.8, 4) is 0 Å². The topological polar surface area (TPSA) is 40.7 Å². The number of nitrogens with zero attached hydrogens (tertiary/aromatic N) is 1. The summed E-state index contributed by atoms with van der Waals surface area (Å²) in [5.74, 6) is 0. The van der Waals surface area contributed by atoms with E-state index >= 15 is 0 Å². The SMILES string of the molecule is CCCCCCCC(C)NCc1cn[nH]c1C. The molecule has 2 N–H and O–H groups in total. The van der Waals surface area contributed by atoms with Gasteiger partial charge in [-0.25, -0.2) is 0 Å². The Labute approximate surface area is 105 Å². The molecule has 3 nitrogen and oxygen atoms in total. The summed E-state index contributed by atoms with van der Waals surface area (Å²) in [4.78, 5) is 0. The Morgan fingerprint density at radius 2 is 2.06 bits per heavy atom. The molecule has 3 heteroatoms. The number of aromatic amines is 1. The molecule has 0 saturated carbocycles. The average Bonchev–Trinajstić information content (AvgIpc) is 2.72. The maximum atomic E-state index is 4.03. The first-order valence-electron chi connectivity index (χ1n) is 6.96. The van der Waals surface area contributed by atoms with Crippen LogP contribution in [0.4, 0.5) is 0 Å². The minimum atomic E-state index is 0.603. The molecule has 0 aliphatic heterocycles. The van der Waals surface area contributed by atoms with Crippen LogP contribution in [0.1, 0.15) is 63.6 Å². The van der Waals surface area contributed by atoms with Crippen LogP contribution in [0.15, 0.2) is 6.20 Å². The van der Waals surface area contributed by atoms with Gasteiger partial charge in [0.05, 0.1) is 6.20 Å². The minimum absolute atomic E-state index is 0.603. The van der Waals surface area contributed by atoms with Crippen LogP contribution < -0.4 is 5.32 Å². The summed E-state index contributed by atoms with van der Waals surface area (Å²) < 4.78 is 0. The number of aromatic nitrogens is 2. The largest absolute Gasteiger partial charge is 0.310 e. The van der Waals surface area contributed by atoms with Crippen LogP contribution in [-0.4, -0.2) is 16.2 Å². The maximum absolute atomic E-state index is 4.03. The van der Waals surface area contributed by atoms with Crippen molar-refractivity contribution < 1.29 is 0 Å². The van der Waals surface area contributed by atoms with E-state index in [4.69, 9.17) is 0 Å². The van der Waals surface area contributed by atoms with Crippen LogP contribution in [0.3, 0.4) is 0 Å². The molecule has 1 atom stereocenters. The highest BCUT2D eigenvalue weighted by molar-refractivity contribution is 5.13. The molecule has 1 heterocycles.